The van der Waals surface area contributed by atoms with Gasteiger partial charge in [0.25, 0.3) is 10.0 Å². The molecule has 0 atom stereocenters. The number of anilines is 1. The van der Waals surface area contributed by atoms with E-state index in [4.69, 9.17) is 14.0 Å². The van der Waals surface area contributed by atoms with Crippen LogP contribution in [0.2, 0.25) is 0 Å². The van der Waals surface area contributed by atoms with Gasteiger partial charge in [-0.25, -0.2) is 8.42 Å². The molecule has 1 heterocycles. The van der Waals surface area contributed by atoms with Crippen LogP contribution in [-0.2, 0) is 16.4 Å². The van der Waals surface area contributed by atoms with Gasteiger partial charge in [0.2, 0.25) is 5.89 Å². The average Bonchev–Trinajstić information content (AvgIpc) is 3.47. The van der Waals surface area contributed by atoms with E-state index < -0.39 is 10.0 Å². The zero-order valence-corrected chi connectivity index (χ0v) is 16.9. The average molecular weight is 415 g/mol. The number of sulfonamides is 1. The maximum absolute atomic E-state index is 12.9. The van der Waals surface area contributed by atoms with Gasteiger partial charge in [-0.15, -0.1) is 0 Å². The number of nitrogens with one attached hydrogen (secondary N) is 1. The minimum absolute atomic E-state index is 0.0683. The van der Waals surface area contributed by atoms with Gasteiger partial charge in [0.1, 0.15) is 0 Å². The van der Waals surface area contributed by atoms with E-state index in [0.29, 0.717) is 35.4 Å². The fraction of sp³-hybridized carbons (Fsp3) is 0.300. The van der Waals surface area contributed by atoms with Crippen LogP contribution in [-0.4, -0.2) is 32.8 Å². The Balaban J connectivity index is 1.58. The van der Waals surface area contributed by atoms with Gasteiger partial charge in [-0.3, -0.25) is 4.72 Å². The number of rotatable bonds is 8. The van der Waals surface area contributed by atoms with Crippen molar-refractivity contribution in [2.24, 2.45) is 0 Å². The predicted octanol–water partition coefficient (Wildman–Crippen LogP) is 3.36. The third-order valence-corrected chi connectivity index (χ3v) is 6.06. The van der Waals surface area contributed by atoms with E-state index in [1.165, 1.54) is 26.4 Å². The highest BCUT2D eigenvalue weighted by Gasteiger charge is 2.29. The van der Waals surface area contributed by atoms with Crippen molar-refractivity contribution >= 4 is 15.7 Å². The minimum atomic E-state index is -3.84. The Bertz CT molecular complexity index is 1120. The molecule has 1 aromatic heterocycles. The van der Waals surface area contributed by atoms with Crippen LogP contribution in [0, 0.1) is 0 Å². The summed E-state index contributed by atoms with van der Waals surface area (Å²) in [6.07, 6.45) is 2.51. The van der Waals surface area contributed by atoms with E-state index in [2.05, 4.69) is 14.9 Å². The Kier molecular flexibility index (Phi) is 5.14. The summed E-state index contributed by atoms with van der Waals surface area (Å²) in [6.45, 7) is 0. The number of hydrogen-bond acceptors (Lipinski definition) is 7. The van der Waals surface area contributed by atoms with Crippen LogP contribution in [0.3, 0.4) is 0 Å². The molecule has 9 heteroatoms. The van der Waals surface area contributed by atoms with Crippen molar-refractivity contribution in [1.82, 2.24) is 10.1 Å². The first-order valence-corrected chi connectivity index (χ1v) is 10.6. The molecule has 3 aromatic rings. The van der Waals surface area contributed by atoms with E-state index in [1.807, 2.05) is 12.1 Å². The molecular formula is C20H21N3O5S. The normalized spacial score (nSPS) is 13.9. The topological polar surface area (TPSA) is 104 Å². The van der Waals surface area contributed by atoms with Crippen LogP contribution in [0.4, 0.5) is 5.69 Å². The Morgan fingerprint density at radius 3 is 2.59 bits per heavy atom. The first-order chi connectivity index (χ1) is 14.0. The lowest BCUT2D eigenvalue weighted by Gasteiger charge is -2.13. The summed E-state index contributed by atoms with van der Waals surface area (Å²) in [7, 11) is -0.888. The van der Waals surface area contributed by atoms with Gasteiger partial charge >= 0.3 is 0 Å². The largest absolute Gasteiger partial charge is 0.493 e. The van der Waals surface area contributed by atoms with Gasteiger partial charge in [0, 0.05) is 12.0 Å². The summed E-state index contributed by atoms with van der Waals surface area (Å²) in [5.41, 5.74) is 1.19. The molecule has 0 unspecified atom stereocenters. The van der Waals surface area contributed by atoms with Crippen LogP contribution in [0.1, 0.15) is 36.0 Å². The number of benzene rings is 2. The molecule has 152 valence electrons. The van der Waals surface area contributed by atoms with Crippen LogP contribution < -0.4 is 14.2 Å². The van der Waals surface area contributed by atoms with Crippen LogP contribution in [0.15, 0.2) is 51.9 Å². The first-order valence-electron chi connectivity index (χ1n) is 9.15. The third-order valence-electron chi connectivity index (χ3n) is 4.69. The number of ether oxygens (including phenoxy) is 2. The Morgan fingerprint density at radius 2 is 1.86 bits per heavy atom. The van der Waals surface area contributed by atoms with Crippen LogP contribution in [0.5, 0.6) is 11.5 Å². The molecule has 0 radical (unpaired) electrons. The van der Waals surface area contributed by atoms with Crippen LogP contribution >= 0.6 is 0 Å². The lowest BCUT2D eigenvalue weighted by molar-refractivity contribution is 0.354. The second-order valence-electron chi connectivity index (χ2n) is 6.78. The van der Waals surface area contributed by atoms with Crippen molar-refractivity contribution in [2.45, 2.75) is 30.1 Å². The highest BCUT2D eigenvalue weighted by Crippen LogP contribution is 2.38. The minimum Gasteiger partial charge on any atom is -0.493 e. The quantitative estimate of drug-likeness (QED) is 0.602. The number of nitrogens with zero attached hydrogens (tertiary/aromatic N) is 2. The number of aromatic nitrogens is 2. The van der Waals surface area contributed by atoms with Crippen molar-refractivity contribution in [3.8, 4) is 11.5 Å². The van der Waals surface area contributed by atoms with Crippen molar-refractivity contribution in [3.05, 3.63) is 59.7 Å². The van der Waals surface area contributed by atoms with Crippen molar-refractivity contribution in [2.75, 3.05) is 18.9 Å². The Labute approximate surface area is 168 Å². The van der Waals surface area contributed by atoms with E-state index >= 15 is 0 Å². The van der Waals surface area contributed by atoms with Crippen molar-refractivity contribution in [1.29, 1.82) is 0 Å². The molecule has 4 rings (SSSR count). The smallest absolute Gasteiger partial charge is 0.262 e. The molecule has 0 amide bonds. The molecule has 1 N–H and O–H groups in total. The van der Waals surface area contributed by atoms with Gasteiger partial charge < -0.3 is 14.0 Å². The highest BCUT2D eigenvalue weighted by molar-refractivity contribution is 7.92. The fourth-order valence-electron chi connectivity index (χ4n) is 2.97. The molecule has 8 nitrogen and oxygen atoms in total. The molecule has 0 aliphatic heterocycles. The maximum Gasteiger partial charge on any atom is 0.262 e. The van der Waals surface area contributed by atoms with Gasteiger partial charge in [0.05, 0.1) is 31.2 Å². The van der Waals surface area contributed by atoms with Crippen molar-refractivity contribution in [3.63, 3.8) is 0 Å². The Morgan fingerprint density at radius 1 is 1.10 bits per heavy atom. The SMILES string of the molecule is COc1ccc(S(=O)(=O)Nc2ccccc2Cc2nc(C3CC3)no2)cc1OC. The van der Waals surface area contributed by atoms with E-state index in [-0.39, 0.29) is 4.90 Å². The summed E-state index contributed by atoms with van der Waals surface area (Å²) < 4.78 is 44.2. The number of hydrogen-bond donors (Lipinski definition) is 1. The second-order valence-corrected chi connectivity index (χ2v) is 8.46. The zero-order chi connectivity index (χ0) is 20.4. The molecule has 1 aliphatic rings. The monoisotopic (exact) mass is 415 g/mol. The van der Waals surface area contributed by atoms with E-state index in [0.717, 1.165) is 24.2 Å². The predicted molar refractivity (Wildman–Crippen MR) is 106 cm³/mol. The second kappa shape index (κ2) is 7.75. The molecule has 0 bridgehead atoms. The maximum atomic E-state index is 12.9. The van der Waals surface area contributed by atoms with E-state index in [9.17, 15) is 8.42 Å². The summed E-state index contributed by atoms with van der Waals surface area (Å²) in [5.74, 6) is 2.37. The molecule has 1 fully saturated rings. The van der Waals surface area contributed by atoms with Crippen molar-refractivity contribution < 1.29 is 22.4 Å². The van der Waals surface area contributed by atoms with E-state index in [1.54, 1.807) is 18.2 Å². The van der Waals surface area contributed by atoms with Gasteiger partial charge in [-0.05, 0) is 36.6 Å². The lowest BCUT2D eigenvalue weighted by Crippen LogP contribution is -2.14. The van der Waals surface area contributed by atoms with Gasteiger partial charge in [-0.2, -0.15) is 4.98 Å². The fourth-order valence-corrected chi connectivity index (χ4v) is 4.09. The summed E-state index contributed by atoms with van der Waals surface area (Å²) in [6, 6.07) is 11.6. The molecule has 2 aromatic carbocycles. The first kappa shape index (κ1) is 19.3. The molecule has 0 saturated heterocycles. The van der Waals surface area contributed by atoms with Crippen LogP contribution in [0.25, 0.3) is 0 Å². The Hall–Kier alpha value is -3.07. The molecule has 1 saturated carbocycles. The summed E-state index contributed by atoms with van der Waals surface area (Å²) >= 11 is 0. The number of para-hydroxylation sites is 1. The summed E-state index contributed by atoms with van der Waals surface area (Å²) in [4.78, 5) is 4.49. The van der Waals surface area contributed by atoms with Gasteiger partial charge in [-0.1, -0.05) is 23.4 Å². The van der Waals surface area contributed by atoms with Gasteiger partial charge in [0.15, 0.2) is 17.3 Å². The molecule has 1 aliphatic carbocycles. The number of methoxy groups -OCH3 is 2. The molecule has 0 spiro atoms. The molecular weight excluding hydrogens is 394 g/mol. The third kappa shape index (κ3) is 4.19. The zero-order valence-electron chi connectivity index (χ0n) is 16.1. The standard InChI is InChI=1S/C20H21N3O5S/c1-26-17-10-9-15(12-18(17)27-2)29(24,25)23-16-6-4-3-5-14(16)11-19-21-20(22-28-19)13-7-8-13/h3-6,9-10,12-13,23H,7-8,11H2,1-2H3. The lowest BCUT2D eigenvalue weighted by atomic mass is 10.1. The summed E-state index contributed by atoms with van der Waals surface area (Å²) in [5, 5.41) is 4.01. The molecule has 29 heavy (non-hydrogen) atoms. The highest BCUT2D eigenvalue weighted by atomic mass is 32.2.